The summed E-state index contributed by atoms with van der Waals surface area (Å²) in [7, 11) is 0. The van der Waals surface area contributed by atoms with Crippen molar-refractivity contribution >= 4 is 17.7 Å². The first-order valence-electron chi connectivity index (χ1n) is 5.00. The van der Waals surface area contributed by atoms with Gasteiger partial charge in [0.2, 0.25) is 0 Å². The quantitative estimate of drug-likeness (QED) is 0.792. The lowest BCUT2D eigenvalue weighted by atomic mass is 10.2. The van der Waals surface area contributed by atoms with E-state index in [2.05, 4.69) is 4.98 Å². The lowest BCUT2D eigenvalue weighted by Crippen LogP contribution is -2.04. The topological polar surface area (TPSA) is 70.4 Å². The van der Waals surface area contributed by atoms with Crippen LogP contribution in [0.3, 0.4) is 0 Å². The molecule has 0 aliphatic carbocycles. The molecule has 1 rings (SSSR count). The van der Waals surface area contributed by atoms with E-state index in [0.717, 1.165) is 17.1 Å². The van der Waals surface area contributed by atoms with Crippen molar-refractivity contribution in [3.8, 4) is 0 Å². The van der Waals surface area contributed by atoms with Gasteiger partial charge in [0.15, 0.2) is 0 Å². The molecule has 0 bridgehead atoms. The van der Waals surface area contributed by atoms with Crippen LogP contribution in [0.2, 0.25) is 0 Å². The number of pyridine rings is 1. The zero-order valence-corrected chi connectivity index (χ0v) is 9.91. The maximum absolute atomic E-state index is 10.7. The molecule has 0 aliphatic heterocycles. The van der Waals surface area contributed by atoms with Crippen LogP contribution in [0, 0.1) is 5.92 Å². The number of aromatic nitrogens is 1. The Morgan fingerprint density at radius 3 is 3.00 bits per heavy atom. The van der Waals surface area contributed by atoms with Gasteiger partial charge in [-0.1, -0.05) is 6.92 Å². The van der Waals surface area contributed by atoms with Crippen molar-refractivity contribution in [3.63, 3.8) is 0 Å². The molecule has 0 aliphatic rings. The standard InChI is InChI=1S/C11H15NO3S/c1-8(5-13)6-16-7-9-2-3-12-10(4-9)11(14)15/h2-4,8,13H,5-7H2,1H3,(H,14,15). The molecule has 2 N–H and O–H groups in total. The zero-order chi connectivity index (χ0) is 12.0. The van der Waals surface area contributed by atoms with Crippen LogP contribution < -0.4 is 0 Å². The molecular weight excluding hydrogens is 226 g/mol. The second-order valence-corrected chi connectivity index (χ2v) is 4.69. The Morgan fingerprint density at radius 1 is 1.62 bits per heavy atom. The molecule has 0 amide bonds. The Kier molecular flexibility index (Phi) is 5.28. The number of carboxylic acid groups (broad SMARTS) is 1. The van der Waals surface area contributed by atoms with Crippen LogP contribution in [-0.2, 0) is 5.75 Å². The number of carboxylic acids is 1. The summed E-state index contributed by atoms with van der Waals surface area (Å²) in [4.78, 5) is 14.4. The second kappa shape index (κ2) is 6.50. The Labute approximate surface area is 98.7 Å². The highest BCUT2D eigenvalue weighted by molar-refractivity contribution is 7.98. The lowest BCUT2D eigenvalue weighted by Gasteiger charge is -2.07. The number of rotatable bonds is 6. The van der Waals surface area contributed by atoms with Gasteiger partial charge in [-0.2, -0.15) is 11.8 Å². The highest BCUT2D eigenvalue weighted by Crippen LogP contribution is 2.15. The fourth-order valence-electron chi connectivity index (χ4n) is 1.11. The van der Waals surface area contributed by atoms with Crippen molar-refractivity contribution in [2.24, 2.45) is 5.92 Å². The van der Waals surface area contributed by atoms with Gasteiger partial charge in [0.25, 0.3) is 0 Å². The van der Waals surface area contributed by atoms with Crippen LogP contribution in [-0.4, -0.2) is 33.5 Å². The molecule has 0 saturated heterocycles. The number of nitrogens with zero attached hydrogens (tertiary/aromatic N) is 1. The summed E-state index contributed by atoms with van der Waals surface area (Å²) >= 11 is 1.68. The maximum Gasteiger partial charge on any atom is 0.354 e. The van der Waals surface area contributed by atoms with Crippen molar-refractivity contribution in [1.82, 2.24) is 4.98 Å². The molecule has 1 heterocycles. The highest BCUT2D eigenvalue weighted by atomic mass is 32.2. The fourth-order valence-corrected chi connectivity index (χ4v) is 2.15. The average molecular weight is 241 g/mol. The van der Waals surface area contributed by atoms with Crippen LogP contribution in [0.15, 0.2) is 18.3 Å². The van der Waals surface area contributed by atoms with E-state index in [9.17, 15) is 4.79 Å². The van der Waals surface area contributed by atoms with Gasteiger partial charge in [0.1, 0.15) is 5.69 Å². The van der Waals surface area contributed by atoms with Gasteiger partial charge in [-0.15, -0.1) is 0 Å². The van der Waals surface area contributed by atoms with Gasteiger partial charge >= 0.3 is 5.97 Å². The first-order chi connectivity index (χ1) is 7.63. The molecule has 5 heteroatoms. The molecule has 0 spiro atoms. The summed E-state index contributed by atoms with van der Waals surface area (Å²) in [6.45, 7) is 2.16. The number of hydrogen-bond acceptors (Lipinski definition) is 4. The summed E-state index contributed by atoms with van der Waals surface area (Å²) in [5.74, 6) is 0.871. The van der Waals surface area contributed by atoms with Gasteiger partial charge in [0.05, 0.1) is 0 Å². The van der Waals surface area contributed by atoms with Gasteiger partial charge in [-0.25, -0.2) is 9.78 Å². The summed E-state index contributed by atoms with van der Waals surface area (Å²) in [5, 5.41) is 17.6. The van der Waals surface area contributed by atoms with E-state index in [1.54, 1.807) is 17.8 Å². The van der Waals surface area contributed by atoms with Crippen LogP contribution in [0.4, 0.5) is 0 Å². The summed E-state index contributed by atoms with van der Waals surface area (Å²) in [5.41, 5.74) is 1.02. The predicted molar refractivity (Wildman–Crippen MR) is 63.6 cm³/mol. The molecule has 88 valence electrons. The lowest BCUT2D eigenvalue weighted by molar-refractivity contribution is 0.0690. The van der Waals surface area contributed by atoms with Crippen LogP contribution in [0.1, 0.15) is 23.0 Å². The number of aliphatic hydroxyl groups excluding tert-OH is 1. The number of aliphatic hydroxyl groups is 1. The predicted octanol–water partition coefficient (Wildman–Crippen LogP) is 1.64. The van der Waals surface area contributed by atoms with E-state index < -0.39 is 5.97 Å². The minimum atomic E-state index is -1.00. The Balaban J connectivity index is 2.48. The first kappa shape index (κ1) is 13.0. The molecule has 1 unspecified atom stereocenters. The SMILES string of the molecule is CC(CO)CSCc1ccnc(C(=O)O)c1. The van der Waals surface area contributed by atoms with Gasteiger partial charge in [-0.3, -0.25) is 0 Å². The van der Waals surface area contributed by atoms with Crippen LogP contribution in [0.25, 0.3) is 0 Å². The number of hydrogen-bond donors (Lipinski definition) is 2. The van der Waals surface area contributed by atoms with E-state index in [4.69, 9.17) is 10.2 Å². The molecule has 0 saturated carbocycles. The minimum Gasteiger partial charge on any atom is -0.477 e. The fraction of sp³-hybridized carbons (Fsp3) is 0.455. The third kappa shape index (κ3) is 4.20. The molecule has 0 fully saturated rings. The molecule has 0 aromatic carbocycles. The molecule has 1 aromatic heterocycles. The normalized spacial score (nSPS) is 12.4. The zero-order valence-electron chi connectivity index (χ0n) is 9.09. The molecule has 1 aromatic rings. The van der Waals surface area contributed by atoms with Crippen molar-refractivity contribution in [2.45, 2.75) is 12.7 Å². The molecule has 1 atom stereocenters. The molecule has 16 heavy (non-hydrogen) atoms. The van der Waals surface area contributed by atoms with Gasteiger partial charge in [-0.05, 0) is 29.4 Å². The van der Waals surface area contributed by atoms with E-state index in [0.29, 0.717) is 0 Å². The van der Waals surface area contributed by atoms with E-state index in [1.807, 2.05) is 13.0 Å². The Morgan fingerprint density at radius 2 is 2.38 bits per heavy atom. The van der Waals surface area contributed by atoms with Crippen LogP contribution in [0.5, 0.6) is 0 Å². The van der Waals surface area contributed by atoms with Crippen molar-refractivity contribution in [3.05, 3.63) is 29.6 Å². The third-order valence-corrected chi connectivity index (χ3v) is 3.37. The number of carbonyl (C=O) groups is 1. The molecular formula is C11H15NO3S. The molecule has 4 nitrogen and oxygen atoms in total. The van der Waals surface area contributed by atoms with Gasteiger partial charge < -0.3 is 10.2 Å². The van der Waals surface area contributed by atoms with E-state index in [1.165, 1.54) is 6.20 Å². The summed E-state index contributed by atoms with van der Waals surface area (Å²) in [6.07, 6.45) is 1.51. The van der Waals surface area contributed by atoms with Crippen molar-refractivity contribution in [1.29, 1.82) is 0 Å². The Hall–Kier alpha value is -1.07. The minimum absolute atomic E-state index is 0.0771. The first-order valence-corrected chi connectivity index (χ1v) is 6.15. The summed E-state index contributed by atoms with van der Waals surface area (Å²) in [6, 6.07) is 3.39. The third-order valence-electron chi connectivity index (χ3n) is 2.03. The van der Waals surface area contributed by atoms with E-state index >= 15 is 0 Å². The maximum atomic E-state index is 10.7. The van der Waals surface area contributed by atoms with E-state index in [-0.39, 0.29) is 18.2 Å². The van der Waals surface area contributed by atoms with Crippen LogP contribution >= 0.6 is 11.8 Å². The number of thioether (sulfide) groups is 1. The van der Waals surface area contributed by atoms with Crippen molar-refractivity contribution in [2.75, 3.05) is 12.4 Å². The number of aromatic carboxylic acids is 1. The Bertz CT molecular complexity index is 357. The smallest absolute Gasteiger partial charge is 0.354 e. The largest absolute Gasteiger partial charge is 0.477 e. The van der Waals surface area contributed by atoms with Crippen molar-refractivity contribution < 1.29 is 15.0 Å². The monoisotopic (exact) mass is 241 g/mol. The highest BCUT2D eigenvalue weighted by Gasteiger charge is 2.05. The average Bonchev–Trinajstić information content (AvgIpc) is 2.29. The van der Waals surface area contributed by atoms with Gasteiger partial charge in [0, 0.05) is 18.6 Å². The summed E-state index contributed by atoms with van der Waals surface area (Å²) < 4.78 is 0. The second-order valence-electron chi connectivity index (χ2n) is 3.66. The molecule has 0 radical (unpaired) electrons.